The Morgan fingerprint density at radius 2 is 2.03 bits per heavy atom. The van der Waals surface area contributed by atoms with E-state index in [1.165, 1.54) is 6.20 Å². The van der Waals surface area contributed by atoms with Crippen LogP contribution in [0.25, 0.3) is 27.6 Å². The number of aromatic amines is 2. The SMILES string of the molecule is COCCNc1ccc2cc(C(=O)c3cnn(-c4ccc5[nH]c(C)nc5c4)c3N)[nH]c2c1. The molecule has 0 unspecified atom stereocenters. The highest BCUT2D eigenvalue weighted by atomic mass is 16.5. The van der Waals surface area contributed by atoms with Crippen LogP contribution in [0.2, 0.25) is 0 Å². The van der Waals surface area contributed by atoms with Crippen LogP contribution < -0.4 is 11.1 Å². The van der Waals surface area contributed by atoms with E-state index in [4.69, 9.17) is 10.5 Å². The molecule has 0 aliphatic carbocycles. The Bertz CT molecular complexity index is 1440. The molecule has 0 amide bonds. The molecule has 0 atom stereocenters. The highest BCUT2D eigenvalue weighted by Crippen LogP contribution is 2.25. The number of aryl methyl sites for hydroxylation is 1. The number of nitrogens with two attached hydrogens (primary N) is 1. The van der Waals surface area contributed by atoms with Crippen LogP contribution >= 0.6 is 0 Å². The maximum absolute atomic E-state index is 13.2. The number of nitrogens with zero attached hydrogens (tertiary/aromatic N) is 3. The van der Waals surface area contributed by atoms with Crippen molar-refractivity contribution in [2.75, 3.05) is 31.3 Å². The second kappa shape index (κ2) is 7.86. The molecule has 0 saturated heterocycles. The fraction of sp³-hybridized carbons (Fsp3) is 0.174. The molecular weight excluding hydrogens is 406 g/mol. The number of ketones is 1. The van der Waals surface area contributed by atoms with Gasteiger partial charge in [0.05, 0.1) is 40.8 Å². The minimum Gasteiger partial charge on any atom is -0.383 e. The van der Waals surface area contributed by atoms with Crippen LogP contribution in [0, 0.1) is 6.92 Å². The van der Waals surface area contributed by atoms with Gasteiger partial charge in [0.1, 0.15) is 11.6 Å². The summed E-state index contributed by atoms with van der Waals surface area (Å²) in [6.45, 7) is 3.22. The molecule has 5 rings (SSSR count). The number of carbonyl (C=O) groups is 1. The number of nitrogens with one attached hydrogen (secondary N) is 3. The average molecular weight is 429 g/mol. The monoisotopic (exact) mass is 429 g/mol. The van der Waals surface area contributed by atoms with Crippen molar-refractivity contribution in [3.8, 4) is 5.69 Å². The predicted octanol–water partition coefficient (Wildman–Crippen LogP) is 3.41. The number of ether oxygens (including phenoxy) is 1. The van der Waals surface area contributed by atoms with E-state index < -0.39 is 0 Å². The van der Waals surface area contributed by atoms with E-state index in [1.54, 1.807) is 11.8 Å². The number of carbonyl (C=O) groups excluding carboxylic acids is 1. The molecule has 162 valence electrons. The lowest BCUT2D eigenvalue weighted by molar-refractivity contribution is 0.103. The Labute approximate surface area is 183 Å². The van der Waals surface area contributed by atoms with Gasteiger partial charge in [-0.1, -0.05) is 6.07 Å². The topological polar surface area (TPSA) is 127 Å². The van der Waals surface area contributed by atoms with Gasteiger partial charge in [0.25, 0.3) is 0 Å². The van der Waals surface area contributed by atoms with Gasteiger partial charge in [-0.15, -0.1) is 0 Å². The third kappa shape index (κ3) is 3.48. The second-order valence-electron chi connectivity index (χ2n) is 7.61. The molecule has 3 aromatic heterocycles. The molecule has 32 heavy (non-hydrogen) atoms. The van der Waals surface area contributed by atoms with Crippen LogP contribution in [0.4, 0.5) is 11.5 Å². The van der Waals surface area contributed by atoms with Crippen LogP contribution in [0.3, 0.4) is 0 Å². The van der Waals surface area contributed by atoms with E-state index in [1.807, 2.05) is 49.4 Å². The largest absolute Gasteiger partial charge is 0.383 e. The fourth-order valence-electron chi connectivity index (χ4n) is 3.79. The van der Waals surface area contributed by atoms with Crippen LogP contribution in [0.5, 0.6) is 0 Å². The van der Waals surface area contributed by atoms with E-state index in [-0.39, 0.29) is 11.6 Å². The van der Waals surface area contributed by atoms with Gasteiger partial charge in [-0.2, -0.15) is 5.10 Å². The number of aromatic nitrogens is 5. The number of hydrogen-bond donors (Lipinski definition) is 4. The maximum Gasteiger partial charge on any atom is 0.214 e. The normalized spacial score (nSPS) is 11.4. The molecule has 3 heterocycles. The van der Waals surface area contributed by atoms with Crippen LogP contribution in [0.15, 0.2) is 48.7 Å². The van der Waals surface area contributed by atoms with Gasteiger partial charge < -0.3 is 25.8 Å². The molecule has 0 aliphatic rings. The first-order chi connectivity index (χ1) is 15.5. The molecular formula is C23H23N7O2. The standard InChI is InChI=1S/C23H23N7O2/c1-13-27-18-6-5-16(11-20(18)28-13)30-23(24)17(12-26-30)22(31)21-9-14-3-4-15(10-19(14)29-21)25-7-8-32-2/h3-6,9-12,25,29H,7-8,24H2,1-2H3,(H,27,28). The number of H-pyrrole nitrogens is 2. The molecule has 0 fully saturated rings. The molecule has 0 aliphatic heterocycles. The summed E-state index contributed by atoms with van der Waals surface area (Å²) in [5.41, 5.74) is 11.4. The smallest absolute Gasteiger partial charge is 0.214 e. The van der Waals surface area contributed by atoms with Gasteiger partial charge in [-0.25, -0.2) is 9.67 Å². The zero-order valence-electron chi connectivity index (χ0n) is 17.8. The molecule has 2 aromatic carbocycles. The molecule has 0 bridgehead atoms. The minimum atomic E-state index is -0.212. The highest BCUT2D eigenvalue weighted by Gasteiger charge is 2.20. The molecule has 0 radical (unpaired) electrons. The lowest BCUT2D eigenvalue weighted by Gasteiger charge is -2.05. The number of nitrogen functional groups attached to an aromatic ring is 1. The third-order valence-electron chi connectivity index (χ3n) is 5.38. The zero-order chi connectivity index (χ0) is 22.2. The Hall–Kier alpha value is -4.11. The number of benzene rings is 2. The third-order valence-corrected chi connectivity index (χ3v) is 5.38. The van der Waals surface area contributed by atoms with Crippen molar-refractivity contribution < 1.29 is 9.53 Å². The Morgan fingerprint density at radius 3 is 2.88 bits per heavy atom. The van der Waals surface area contributed by atoms with E-state index in [0.717, 1.165) is 39.1 Å². The van der Waals surface area contributed by atoms with Gasteiger partial charge in [0.2, 0.25) is 5.78 Å². The van der Waals surface area contributed by atoms with Crippen LogP contribution in [-0.2, 0) is 4.74 Å². The predicted molar refractivity (Wildman–Crippen MR) is 124 cm³/mol. The molecule has 0 spiro atoms. The lowest BCUT2D eigenvalue weighted by atomic mass is 10.1. The van der Waals surface area contributed by atoms with Gasteiger partial charge in [-0.05, 0) is 43.3 Å². The van der Waals surface area contributed by atoms with E-state index in [9.17, 15) is 4.79 Å². The first kappa shape index (κ1) is 19.8. The summed E-state index contributed by atoms with van der Waals surface area (Å²) >= 11 is 0. The summed E-state index contributed by atoms with van der Waals surface area (Å²) in [6, 6.07) is 13.4. The van der Waals surface area contributed by atoms with Crippen molar-refractivity contribution >= 4 is 39.2 Å². The van der Waals surface area contributed by atoms with Gasteiger partial charge >= 0.3 is 0 Å². The summed E-state index contributed by atoms with van der Waals surface area (Å²) < 4.78 is 6.62. The maximum atomic E-state index is 13.2. The van der Waals surface area contributed by atoms with E-state index in [0.29, 0.717) is 24.4 Å². The van der Waals surface area contributed by atoms with Crippen LogP contribution in [-0.4, -0.2) is 50.8 Å². The van der Waals surface area contributed by atoms with Crippen molar-refractivity contribution in [1.29, 1.82) is 0 Å². The van der Waals surface area contributed by atoms with Gasteiger partial charge in [0, 0.05) is 30.2 Å². The Morgan fingerprint density at radius 1 is 1.16 bits per heavy atom. The number of hydrogen-bond acceptors (Lipinski definition) is 6. The molecule has 0 saturated carbocycles. The van der Waals surface area contributed by atoms with Crippen LogP contribution in [0.1, 0.15) is 21.9 Å². The first-order valence-electron chi connectivity index (χ1n) is 10.2. The number of imidazole rings is 1. The summed E-state index contributed by atoms with van der Waals surface area (Å²) in [4.78, 5) is 24.0. The van der Waals surface area contributed by atoms with E-state index >= 15 is 0 Å². The van der Waals surface area contributed by atoms with Crippen molar-refractivity contribution in [2.45, 2.75) is 6.92 Å². The highest BCUT2D eigenvalue weighted by molar-refractivity contribution is 6.12. The molecule has 9 heteroatoms. The van der Waals surface area contributed by atoms with Crippen molar-refractivity contribution in [2.24, 2.45) is 0 Å². The number of anilines is 2. The van der Waals surface area contributed by atoms with Crippen molar-refractivity contribution in [3.05, 3.63) is 65.7 Å². The average Bonchev–Trinajstić information content (AvgIpc) is 3.48. The summed E-state index contributed by atoms with van der Waals surface area (Å²) in [6.07, 6.45) is 1.50. The first-order valence-corrected chi connectivity index (χ1v) is 10.2. The molecule has 9 nitrogen and oxygen atoms in total. The van der Waals surface area contributed by atoms with Crippen molar-refractivity contribution in [3.63, 3.8) is 0 Å². The Balaban J connectivity index is 1.44. The number of rotatable bonds is 7. The van der Waals surface area contributed by atoms with Crippen molar-refractivity contribution in [1.82, 2.24) is 24.7 Å². The number of methoxy groups -OCH3 is 1. The van der Waals surface area contributed by atoms with Gasteiger partial charge in [0.15, 0.2) is 0 Å². The van der Waals surface area contributed by atoms with Gasteiger partial charge in [-0.3, -0.25) is 4.79 Å². The molecule has 5 N–H and O–H groups in total. The summed E-state index contributed by atoms with van der Waals surface area (Å²) in [5, 5.41) is 8.58. The number of fused-ring (bicyclic) bond motifs is 2. The van der Waals surface area contributed by atoms with E-state index in [2.05, 4.69) is 25.4 Å². The minimum absolute atomic E-state index is 0.212. The summed E-state index contributed by atoms with van der Waals surface area (Å²) in [7, 11) is 1.66. The Kier molecular flexibility index (Phi) is 4.87. The fourth-order valence-corrected chi connectivity index (χ4v) is 3.79. The lowest BCUT2D eigenvalue weighted by Crippen LogP contribution is -2.07. The zero-order valence-corrected chi connectivity index (χ0v) is 17.8. The second-order valence-corrected chi connectivity index (χ2v) is 7.61. The summed E-state index contributed by atoms with van der Waals surface area (Å²) in [5.74, 6) is 0.898. The quantitative estimate of drug-likeness (QED) is 0.232. The molecule has 5 aromatic rings.